The van der Waals surface area contributed by atoms with Crippen LogP contribution >= 0.6 is 0 Å². The number of carbonyl (C=O) groups is 2. The van der Waals surface area contributed by atoms with Gasteiger partial charge in [0.25, 0.3) is 5.91 Å². The van der Waals surface area contributed by atoms with E-state index in [4.69, 9.17) is 4.74 Å². The number of carbonyl (C=O) groups excluding carboxylic acids is 2. The molecule has 0 bridgehead atoms. The van der Waals surface area contributed by atoms with E-state index < -0.39 is 0 Å². The van der Waals surface area contributed by atoms with Gasteiger partial charge in [0.2, 0.25) is 5.91 Å². The number of hydrogen-bond donors (Lipinski definition) is 2. The first kappa shape index (κ1) is 16.0. The molecule has 1 aromatic rings. The molecule has 0 aliphatic carbocycles. The summed E-state index contributed by atoms with van der Waals surface area (Å²) >= 11 is 0. The molecule has 5 nitrogen and oxygen atoms in total. The van der Waals surface area contributed by atoms with Crippen LogP contribution in [-0.4, -0.2) is 25.0 Å². The monoisotopic (exact) mass is 278 g/mol. The lowest BCUT2D eigenvalue weighted by molar-refractivity contribution is -0.123. The van der Waals surface area contributed by atoms with Crippen LogP contribution in [0.4, 0.5) is 5.69 Å². The average molecular weight is 278 g/mol. The molecule has 0 saturated heterocycles. The van der Waals surface area contributed by atoms with Crippen molar-refractivity contribution in [3.8, 4) is 5.75 Å². The Labute approximate surface area is 119 Å². The number of benzene rings is 1. The van der Waals surface area contributed by atoms with Gasteiger partial charge in [0.05, 0.1) is 0 Å². The quantitative estimate of drug-likeness (QED) is 0.803. The Balaban J connectivity index is 2.44. The van der Waals surface area contributed by atoms with Crippen LogP contribution in [0.15, 0.2) is 24.3 Å². The van der Waals surface area contributed by atoms with Crippen molar-refractivity contribution in [1.29, 1.82) is 0 Å². The first-order valence-corrected chi connectivity index (χ1v) is 6.80. The van der Waals surface area contributed by atoms with Crippen LogP contribution in [0.1, 0.15) is 27.2 Å². The molecule has 0 aliphatic rings. The van der Waals surface area contributed by atoms with Crippen molar-refractivity contribution in [3.63, 3.8) is 0 Å². The molecule has 0 fully saturated rings. The second kappa shape index (κ2) is 8.19. The molecule has 1 aromatic carbocycles. The molecule has 5 heteroatoms. The minimum absolute atomic E-state index is 0.00371. The fourth-order valence-electron chi connectivity index (χ4n) is 1.61. The molecular formula is C15H22N2O3. The average Bonchev–Trinajstić information content (AvgIpc) is 2.37. The zero-order valence-electron chi connectivity index (χ0n) is 12.2. The SMILES string of the molecule is CCNC(=O)COc1ccc(NC(=O)CC(C)C)cc1. The molecule has 0 spiro atoms. The highest BCUT2D eigenvalue weighted by atomic mass is 16.5. The van der Waals surface area contributed by atoms with Crippen LogP contribution in [0.2, 0.25) is 0 Å². The van der Waals surface area contributed by atoms with Gasteiger partial charge in [-0.15, -0.1) is 0 Å². The van der Waals surface area contributed by atoms with Crippen molar-refractivity contribution in [2.45, 2.75) is 27.2 Å². The third-order valence-corrected chi connectivity index (χ3v) is 2.48. The lowest BCUT2D eigenvalue weighted by atomic mass is 10.1. The largest absolute Gasteiger partial charge is 0.484 e. The molecule has 0 aliphatic heterocycles. The summed E-state index contributed by atoms with van der Waals surface area (Å²) in [6.45, 7) is 6.43. The van der Waals surface area contributed by atoms with Gasteiger partial charge in [-0.05, 0) is 37.1 Å². The van der Waals surface area contributed by atoms with Crippen molar-refractivity contribution in [2.75, 3.05) is 18.5 Å². The van der Waals surface area contributed by atoms with E-state index in [0.717, 1.165) is 5.69 Å². The van der Waals surface area contributed by atoms with Crippen LogP contribution in [0.25, 0.3) is 0 Å². The molecule has 2 N–H and O–H groups in total. The number of hydrogen-bond acceptors (Lipinski definition) is 3. The summed E-state index contributed by atoms with van der Waals surface area (Å²) in [5, 5.41) is 5.46. The maximum absolute atomic E-state index is 11.6. The molecule has 0 saturated carbocycles. The number of likely N-dealkylation sites (N-methyl/N-ethyl adjacent to an activating group) is 1. The minimum Gasteiger partial charge on any atom is -0.484 e. The van der Waals surface area contributed by atoms with Crippen LogP contribution in [0.5, 0.6) is 5.75 Å². The lowest BCUT2D eigenvalue weighted by Gasteiger charge is -2.09. The molecule has 110 valence electrons. The van der Waals surface area contributed by atoms with Gasteiger partial charge < -0.3 is 15.4 Å². The number of amides is 2. The van der Waals surface area contributed by atoms with Crippen molar-refractivity contribution in [3.05, 3.63) is 24.3 Å². The zero-order valence-corrected chi connectivity index (χ0v) is 12.2. The van der Waals surface area contributed by atoms with E-state index >= 15 is 0 Å². The molecule has 0 atom stereocenters. The van der Waals surface area contributed by atoms with Gasteiger partial charge in [-0.25, -0.2) is 0 Å². The second-order valence-electron chi connectivity index (χ2n) is 4.91. The summed E-state index contributed by atoms with van der Waals surface area (Å²) in [6, 6.07) is 6.96. The molecule has 0 radical (unpaired) electrons. The molecule has 1 rings (SSSR count). The standard InChI is InChI=1S/C15H22N2O3/c1-4-16-15(19)10-20-13-7-5-12(6-8-13)17-14(18)9-11(2)3/h5-8,11H,4,9-10H2,1-3H3,(H,16,19)(H,17,18). The van der Waals surface area contributed by atoms with Crippen molar-refractivity contribution in [2.24, 2.45) is 5.92 Å². The number of ether oxygens (including phenoxy) is 1. The Hall–Kier alpha value is -2.04. The fraction of sp³-hybridized carbons (Fsp3) is 0.467. The number of nitrogens with one attached hydrogen (secondary N) is 2. The highest BCUT2D eigenvalue weighted by Crippen LogP contribution is 2.16. The van der Waals surface area contributed by atoms with Crippen LogP contribution in [-0.2, 0) is 9.59 Å². The zero-order chi connectivity index (χ0) is 15.0. The molecule has 20 heavy (non-hydrogen) atoms. The van der Waals surface area contributed by atoms with Gasteiger partial charge in [0.15, 0.2) is 6.61 Å². The Morgan fingerprint density at radius 1 is 1.15 bits per heavy atom. The topological polar surface area (TPSA) is 67.4 Å². The summed E-state index contributed by atoms with van der Waals surface area (Å²) in [4.78, 5) is 22.8. The third kappa shape index (κ3) is 6.22. The Kier molecular flexibility index (Phi) is 6.56. The summed E-state index contributed by atoms with van der Waals surface area (Å²) in [5.74, 6) is 0.769. The van der Waals surface area contributed by atoms with E-state index in [1.54, 1.807) is 24.3 Å². The first-order chi connectivity index (χ1) is 9.51. The van der Waals surface area contributed by atoms with E-state index in [9.17, 15) is 9.59 Å². The van der Waals surface area contributed by atoms with Gasteiger partial charge in [0, 0.05) is 18.7 Å². The normalized spacial score (nSPS) is 10.2. The van der Waals surface area contributed by atoms with Crippen LogP contribution in [0.3, 0.4) is 0 Å². The smallest absolute Gasteiger partial charge is 0.257 e. The van der Waals surface area contributed by atoms with Gasteiger partial charge in [-0.1, -0.05) is 13.8 Å². The van der Waals surface area contributed by atoms with Crippen molar-refractivity contribution in [1.82, 2.24) is 5.32 Å². The highest BCUT2D eigenvalue weighted by molar-refractivity contribution is 5.90. The molecular weight excluding hydrogens is 256 g/mol. The summed E-state index contributed by atoms with van der Waals surface area (Å²) in [5.41, 5.74) is 0.723. The van der Waals surface area contributed by atoms with E-state index in [-0.39, 0.29) is 18.4 Å². The van der Waals surface area contributed by atoms with Crippen molar-refractivity contribution < 1.29 is 14.3 Å². The number of anilines is 1. The lowest BCUT2D eigenvalue weighted by Crippen LogP contribution is -2.28. The Bertz CT molecular complexity index is 441. The fourth-order valence-corrected chi connectivity index (χ4v) is 1.61. The summed E-state index contributed by atoms with van der Waals surface area (Å²) < 4.78 is 5.32. The maximum Gasteiger partial charge on any atom is 0.257 e. The van der Waals surface area contributed by atoms with Gasteiger partial charge in [-0.2, -0.15) is 0 Å². The third-order valence-electron chi connectivity index (χ3n) is 2.48. The maximum atomic E-state index is 11.6. The van der Waals surface area contributed by atoms with Gasteiger partial charge in [-0.3, -0.25) is 9.59 Å². The predicted molar refractivity (Wildman–Crippen MR) is 78.7 cm³/mol. The Morgan fingerprint density at radius 2 is 1.80 bits per heavy atom. The van der Waals surface area contributed by atoms with Crippen LogP contribution in [0, 0.1) is 5.92 Å². The summed E-state index contributed by atoms with van der Waals surface area (Å²) in [7, 11) is 0. The highest BCUT2D eigenvalue weighted by Gasteiger charge is 2.05. The van der Waals surface area contributed by atoms with Gasteiger partial charge in [0.1, 0.15) is 5.75 Å². The predicted octanol–water partition coefficient (Wildman–Crippen LogP) is 2.19. The molecule has 0 unspecified atom stereocenters. The molecule has 0 aromatic heterocycles. The van der Waals surface area contributed by atoms with E-state index in [1.807, 2.05) is 20.8 Å². The van der Waals surface area contributed by atoms with E-state index in [1.165, 1.54) is 0 Å². The van der Waals surface area contributed by atoms with E-state index in [2.05, 4.69) is 10.6 Å². The summed E-state index contributed by atoms with van der Waals surface area (Å²) in [6.07, 6.45) is 0.495. The van der Waals surface area contributed by atoms with Gasteiger partial charge >= 0.3 is 0 Å². The molecule has 2 amide bonds. The van der Waals surface area contributed by atoms with E-state index in [0.29, 0.717) is 24.6 Å². The Morgan fingerprint density at radius 3 is 2.35 bits per heavy atom. The second-order valence-corrected chi connectivity index (χ2v) is 4.91. The first-order valence-electron chi connectivity index (χ1n) is 6.80. The van der Waals surface area contributed by atoms with Crippen LogP contribution < -0.4 is 15.4 Å². The molecule has 0 heterocycles. The van der Waals surface area contributed by atoms with Crippen molar-refractivity contribution >= 4 is 17.5 Å². The minimum atomic E-state index is -0.151. The number of rotatable bonds is 7.